The predicted molar refractivity (Wildman–Crippen MR) is 99.5 cm³/mol. The molecule has 2 aromatic carbocycles. The Morgan fingerprint density at radius 2 is 1.86 bits per heavy atom. The van der Waals surface area contributed by atoms with Gasteiger partial charge in [-0.2, -0.15) is 0 Å². The van der Waals surface area contributed by atoms with Crippen LogP contribution in [0.4, 0.5) is 10.2 Å². The zero-order valence-electron chi connectivity index (χ0n) is 14.8. The largest absolute Gasteiger partial charge is 0.454 e. The minimum Gasteiger partial charge on any atom is -0.454 e. The summed E-state index contributed by atoms with van der Waals surface area (Å²) in [5.41, 5.74) is 1.60. The van der Waals surface area contributed by atoms with E-state index in [0.29, 0.717) is 29.4 Å². The van der Waals surface area contributed by atoms with E-state index in [9.17, 15) is 9.18 Å². The van der Waals surface area contributed by atoms with Gasteiger partial charge in [0.2, 0.25) is 6.79 Å². The number of nitrogens with one attached hydrogen (secondary N) is 2. The zero-order valence-corrected chi connectivity index (χ0v) is 14.8. The number of carbonyl (C=O) groups excluding carboxylic acids is 1. The number of hydrogen-bond donors (Lipinski definition) is 2. The second-order valence-electron chi connectivity index (χ2n) is 6.12. The van der Waals surface area contributed by atoms with Crippen LogP contribution in [0.5, 0.6) is 11.5 Å². The van der Waals surface area contributed by atoms with Gasteiger partial charge in [0.15, 0.2) is 17.2 Å². The van der Waals surface area contributed by atoms with Crippen molar-refractivity contribution in [3.8, 4) is 11.5 Å². The highest BCUT2D eigenvalue weighted by Crippen LogP contribution is 2.32. The Kier molecular flexibility index (Phi) is 5.01. The normalized spacial score (nSPS) is 11.9. The molecule has 0 radical (unpaired) electrons. The Hall–Kier alpha value is -3.68. The van der Waals surface area contributed by atoms with Crippen molar-refractivity contribution in [3.05, 3.63) is 77.2 Å². The summed E-state index contributed by atoms with van der Waals surface area (Å²) in [5, 5.41) is 13.6. The molecule has 0 saturated heterocycles. The Balaban J connectivity index is 1.32. The number of nitrogens with zero attached hydrogens (tertiary/aromatic N) is 2. The fraction of sp³-hybridized carbons (Fsp3) is 0.150. The number of anilines is 1. The highest BCUT2D eigenvalue weighted by atomic mass is 19.1. The molecule has 3 aromatic rings. The van der Waals surface area contributed by atoms with Crippen molar-refractivity contribution in [1.29, 1.82) is 0 Å². The van der Waals surface area contributed by atoms with E-state index in [4.69, 9.17) is 9.47 Å². The van der Waals surface area contributed by atoms with Gasteiger partial charge >= 0.3 is 0 Å². The van der Waals surface area contributed by atoms with Crippen molar-refractivity contribution >= 4 is 11.7 Å². The lowest BCUT2D eigenvalue weighted by Gasteiger charge is -2.08. The molecule has 7 nitrogen and oxygen atoms in total. The van der Waals surface area contributed by atoms with Gasteiger partial charge in [-0.25, -0.2) is 4.39 Å². The SMILES string of the molecule is O=C(NCc1ccc2c(c1)OCO2)c1ccc(NCc2ccccc2F)nn1. The van der Waals surface area contributed by atoms with E-state index in [0.717, 1.165) is 5.56 Å². The zero-order chi connectivity index (χ0) is 19.3. The van der Waals surface area contributed by atoms with E-state index in [-0.39, 0.29) is 30.8 Å². The highest BCUT2D eigenvalue weighted by molar-refractivity contribution is 5.92. The van der Waals surface area contributed by atoms with E-state index >= 15 is 0 Å². The van der Waals surface area contributed by atoms with Gasteiger partial charge in [-0.05, 0) is 35.9 Å². The van der Waals surface area contributed by atoms with E-state index < -0.39 is 0 Å². The standard InChI is InChI=1S/C20H17FN4O3/c21-15-4-2-1-3-14(15)11-22-19-8-6-16(24-25-19)20(26)23-10-13-5-7-17-18(9-13)28-12-27-17/h1-9H,10-12H2,(H,22,25)(H,23,26). The van der Waals surface area contributed by atoms with Crippen LogP contribution in [-0.2, 0) is 13.1 Å². The molecule has 142 valence electrons. The number of carbonyl (C=O) groups is 1. The van der Waals surface area contributed by atoms with E-state index in [2.05, 4.69) is 20.8 Å². The molecular formula is C20H17FN4O3. The number of amides is 1. The highest BCUT2D eigenvalue weighted by Gasteiger charge is 2.14. The molecular weight excluding hydrogens is 363 g/mol. The molecule has 0 fully saturated rings. The van der Waals surface area contributed by atoms with Crippen molar-refractivity contribution in [2.24, 2.45) is 0 Å². The Bertz CT molecular complexity index is 995. The Morgan fingerprint density at radius 3 is 2.68 bits per heavy atom. The molecule has 0 aliphatic carbocycles. The van der Waals surface area contributed by atoms with Gasteiger partial charge in [-0.15, -0.1) is 10.2 Å². The molecule has 0 unspecified atom stereocenters. The number of fused-ring (bicyclic) bond motifs is 1. The number of halogens is 1. The summed E-state index contributed by atoms with van der Waals surface area (Å²) in [6.07, 6.45) is 0. The molecule has 0 atom stereocenters. The summed E-state index contributed by atoms with van der Waals surface area (Å²) in [7, 11) is 0. The van der Waals surface area contributed by atoms with Crippen molar-refractivity contribution in [2.45, 2.75) is 13.1 Å². The molecule has 1 aliphatic rings. The molecule has 0 spiro atoms. The van der Waals surface area contributed by atoms with Gasteiger partial charge in [0.25, 0.3) is 5.91 Å². The molecule has 2 heterocycles. The van der Waals surface area contributed by atoms with Crippen LogP contribution in [0.3, 0.4) is 0 Å². The van der Waals surface area contributed by atoms with Crippen LogP contribution >= 0.6 is 0 Å². The van der Waals surface area contributed by atoms with Crippen molar-refractivity contribution < 1.29 is 18.7 Å². The maximum absolute atomic E-state index is 13.6. The van der Waals surface area contributed by atoms with Crippen molar-refractivity contribution in [3.63, 3.8) is 0 Å². The van der Waals surface area contributed by atoms with Gasteiger partial charge in [0.05, 0.1) is 0 Å². The number of ether oxygens (including phenoxy) is 2. The summed E-state index contributed by atoms with van der Waals surface area (Å²) >= 11 is 0. The lowest BCUT2D eigenvalue weighted by molar-refractivity contribution is 0.0945. The number of aromatic nitrogens is 2. The summed E-state index contributed by atoms with van der Waals surface area (Å²) in [6, 6.07) is 15.2. The topological polar surface area (TPSA) is 85.4 Å². The second kappa shape index (κ2) is 7.91. The van der Waals surface area contributed by atoms with Gasteiger partial charge in [-0.3, -0.25) is 4.79 Å². The molecule has 28 heavy (non-hydrogen) atoms. The molecule has 1 amide bonds. The average molecular weight is 380 g/mol. The van der Waals surface area contributed by atoms with E-state index in [1.165, 1.54) is 6.07 Å². The third-order valence-corrected chi connectivity index (χ3v) is 4.21. The van der Waals surface area contributed by atoms with Crippen LogP contribution in [0.2, 0.25) is 0 Å². The first kappa shape index (κ1) is 17.7. The molecule has 0 saturated carbocycles. The first-order valence-corrected chi connectivity index (χ1v) is 8.67. The van der Waals surface area contributed by atoms with Crippen LogP contribution in [0.25, 0.3) is 0 Å². The minimum atomic E-state index is -0.342. The third kappa shape index (κ3) is 4.01. The number of hydrogen-bond acceptors (Lipinski definition) is 6. The van der Waals surface area contributed by atoms with Crippen molar-refractivity contribution in [1.82, 2.24) is 15.5 Å². The molecule has 8 heteroatoms. The Morgan fingerprint density at radius 1 is 1.00 bits per heavy atom. The van der Waals surface area contributed by atoms with Crippen LogP contribution in [-0.4, -0.2) is 22.9 Å². The first-order valence-electron chi connectivity index (χ1n) is 8.67. The number of rotatable bonds is 6. The van der Waals surface area contributed by atoms with E-state index in [1.807, 2.05) is 12.1 Å². The fourth-order valence-electron chi connectivity index (χ4n) is 2.70. The Labute approximate surface area is 160 Å². The summed E-state index contributed by atoms with van der Waals surface area (Å²) in [6.45, 7) is 0.805. The number of benzene rings is 2. The molecule has 0 bridgehead atoms. The monoisotopic (exact) mass is 380 g/mol. The van der Waals surface area contributed by atoms with Crippen LogP contribution in [0, 0.1) is 5.82 Å². The quantitative estimate of drug-likeness (QED) is 0.684. The lowest BCUT2D eigenvalue weighted by Crippen LogP contribution is -2.24. The average Bonchev–Trinajstić information content (AvgIpc) is 3.20. The van der Waals surface area contributed by atoms with Gasteiger partial charge in [-0.1, -0.05) is 24.3 Å². The third-order valence-electron chi connectivity index (χ3n) is 4.21. The summed E-state index contributed by atoms with van der Waals surface area (Å²) in [5.74, 6) is 1.18. The van der Waals surface area contributed by atoms with Crippen molar-refractivity contribution in [2.75, 3.05) is 12.1 Å². The second-order valence-corrected chi connectivity index (χ2v) is 6.12. The van der Waals surface area contributed by atoms with Crippen LogP contribution in [0.1, 0.15) is 21.6 Å². The fourth-order valence-corrected chi connectivity index (χ4v) is 2.70. The first-order chi connectivity index (χ1) is 13.7. The minimum absolute atomic E-state index is 0.192. The van der Waals surface area contributed by atoms with Gasteiger partial charge in [0, 0.05) is 18.7 Å². The molecule has 1 aromatic heterocycles. The summed E-state index contributed by atoms with van der Waals surface area (Å²) < 4.78 is 24.2. The van der Waals surface area contributed by atoms with Crippen LogP contribution in [0.15, 0.2) is 54.6 Å². The maximum Gasteiger partial charge on any atom is 0.272 e. The molecule has 4 rings (SSSR count). The maximum atomic E-state index is 13.6. The lowest BCUT2D eigenvalue weighted by atomic mass is 10.2. The van der Waals surface area contributed by atoms with Gasteiger partial charge < -0.3 is 20.1 Å². The summed E-state index contributed by atoms with van der Waals surface area (Å²) in [4.78, 5) is 12.2. The van der Waals surface area contributed by atoms with Gasteiger partial charge in [0.1, 0.15) is 11.6 Å². The van der Waals surface area contributed by atoms with E-state index in [1.54, 1.807) is 36.4 Å². The molecule has 2 N–H and O–H groups in total. The predicted octanol–water partition coefficient (Wildman–Crippen LogP) is 2.89. The smallest absolute Gasteiger partial charge is 0.272 e. The van der Waals surface area contributed by atoms with Crippen LogP contribution < -0.4 is 20.1 Å². The molecule has 1 aliphatic heterocycles.